The smallest absolute Gasteiger partial charge is 0.171 e. The van der Waals surface area contributed by atoms with Crippen LogP contribution in [0.5, 0.6) is 0 Å². The van der Waals surface area contributed by atoms with Gasteiger partial charge in [0.1, 0.15) is 31.5 Å². The van der Waals surface area contributed by atoms with Gasteiger partial charge in [-0.3, -0.25) is 0 Å². The first-order chi connectivity index (χ1) is 12.6. The Balaban J connectivity index is 1.68. The molecule has 1 aliphatic rings. The van der Waals surface area contributed by atoms with Gasteiger partial charge in [0.2, 0.25) is 0 Å². The molecule has 0 unspecified atom stereocenters. The van der Waals surface area contributed by atoms with Crippen LogP contribution in [0.1, 0.15) is 17.2 Å². The predicted molar refractivity (Wildman–Crippen MR) is 106 cm³/mol. The summed E-state index contributed by atoms with van der Waals surface area (Å²) in [6, 6.07) is 14.8. The lowest BCUT2D eigenvalue weighted by molar-refractivity contribution is -0.909. The Hall–Kier alpha value is -2.02. The highest BCUT2D eigenvalue weighted by atomic mass is 32.1. The van der Waals surface area contributed by atoms with Crippen LogP contribution < -0.4 is 15.5 Å². The fourth-order valence-corrected chi connectivity index (χ4v) is 3.32. The first-order valence-corrected chi connectivity index (χ1v) is 9.32. The second-order valence-corrected chi connectivity index (χ2v) is 7.04. The number of rotatable bonds is 5. The molecule has 0 aromatic heterocycles. The highest BCUT2D eigenvalue weighted by Crippen LogP contribution is 2.14. The van der Waals surface area contributed by atoms with Gasteiger partial charge in [0.15, 0.2) is 5.11 Å². The van der Waals surface area contributed by atoms with Crippen molar-refractivity contribution in [2.75, 3.05) is 38.2 Å². The molecular formula is C20H25FN3OS+. The third-order valence-electron chi connectivity index (χ3n) is 4.58. The number of thiocarbonyl (C=S) groups is 1. The molecule has 3 N–H and O–H groups in total. The normalized spacial score (nSPS) is 16.1. The minimum absolute atomic E-state index is 0.101. The maximum absolute atomic E-state index is 13.1. The second-order valence-electron chi connectivity index (χ2n) is 6.64. The molecule has 2 aromatic carbocycles. The summed E-state index contributed by atoms with van der Waals surface area (Å²) < 4.78 is 18.5. The molecule has 1 heterocycles. The summed E-state index contributed by atoms with van der Waals surface area (Å²) in [5.74, 6) is -0.261. The molecule has 26 heavy (non-hydrogen) atoms. The zero-order chi connectivity index (χ0) is 18.4. The van der Waals surface area contributed by atoms with Crippen molar-refractivity contribution in [1.82, 2.24) is 5.32 Å². The average Bonchev–Trinajstić information content (AvgIpc) is 2.65. The fourth-order valence-electron chi connectivity index (χ4n) is 3.06. The SMILES string of the molecule is Cc1ccc([C@H](C[NH+]2CCOCC2)NC(=S)Nc2ccc(F)cc2)cc1. The summed E-state index contributed by atoms with van der Waals surface area (Å²) in [5, 5.41) is 7.10. The van der Waals surface area contributed by atoms with Crippen LogP contribution in [0.15, 0.2) is 48.5 Å². The van der Waals surface area contributed by atoms with Crippen molar-refractivity contribution in [2.45, 2.75) is 13.0 Å². The van der Waals surface area contributed by atoms with Gasteiger partial charge in [-0.1, -0.05) is 29.8 Å². The Morgan fingerprint density at radius 3 is 2.42 bits per heavy atom. The van der Waals surface area contributed by atoms with Crippen molar-refractivity contribution < 1.29 is 14.0 Å². The molecule has 1 atom stereocenters. The molecule has 138 valence electrons. The summed E-state index contributed by atoms with van der Waals surface area (Å²) in [7, 11) is 0. The van der Waals surface area contributed by atoms with Crippen LogP contribution in [0.4, 0.5) is 10.1 Å². The summed E-state index contributed by atoms with van der Waals surface area (Å²) >= 11 is 5.49. The van der Waals surface area contributed by atoms with Gasteiger partial charge < -0.3 is 20.3 Å². The molecule has 2 aromatic rings. The van der Waals surface area contributed by atoms with E-state index in [4.69, 9.17) is 17.0 Å². The first-order valence-electron chi connectivity index (χ1n) is 8.91. The van der Waals surface area contributed by atoms with Crippen molar-refractivity contribution >= 4 is 23.0 Å². The predicted octanol–water partition coefficient (Wildman–Crippen LogP) is 2.08. The molecule has 0 radical (unpaired) electrons. The van der Waals surface area contributed by atoms with Crippen molar-refractivity contribution in [2.24, 2.45) is 0 Å². The van der Waals surface area contributed by atoms with Gasteiger partial charge in [-0.05, 0) is 49.0 Å². The number of hydrogen-bond acceptors (Lipinski definition) is 2. The van der Waals surface area contributed by atoms with Crippen LogP contribution in [-0.4, -0.2) is 38.0 Å². The summed E-state index contributed by atoms with van der Waals surface area (Å²) in [5.41, 5.74) is 3.21. The molecule has 6 heteroatoms. The Kier molecular flexibility index (Phi) is 6.55. The van der Waals surface area contributed by atoms with Crippen molar-refractivity contribution in [1.29, 1.82) is 0 Å². The molecule has 0 spiro atoms. The summed E-state index contributed by atoms with van der Waals surface area (Å²) in [4.78, 5) is 1.50. The van der Waals surface area contributed by atoms with Crippen molar-refractivity contribution in [3.05, 3.63) is 65.5 Å². The number of quaternary nitrogens is 1. The van der Waals surface area contributed by atoms with Crippen LogP contribution in [0.25, 0.3) is 0 Å². The van der Waals surface area contributed by atoms with Crippen LogP contribution in [-0.2, 0) is 4.74 Å². The lowest BCUT2D eigenvalue weighted by atomic mass is 10.0. The van der Waals surface area contributed by atoms with E-state index in [9.17, 15) is 4.39 Å². The third kappa shape index (κ3) is 5.49. The van der Waals surface area contributed by atoms with Gasteiger partial charge in [-0.25, -0.2) is 4.39 Å². The maximum Gasteiger partial charge on any atom is 0.171 e. The van der Waals surface area contributed by atoms with Gasteiger partial charge >= 0.3 is 0 Å². The lowest BCUT2D eigenvalue weighted by Crippen LogP contribution is -3.14. The topological polar surface area (TPSA) is 37.7 Å². The van der Waals surface area contributed by atoms with Gasteiger partial charge in [0.25, 0.3) is 0 Å². The minimum atomic E-state index is -0.261. The number of aryl methyl sites for hydroxylation is 1. The van der Waals surface area contributed by atoms with Crippen LogP contribution in [0.3, 0.4) is 0 Å². The minimum Gasteiger partial charge on any atom is -0.370 e. The maximum atomic E-state index is 13.1. The molecule has 0 aliphatic carbocycles. The largest absolute Gasteiger partial charge is 0.370 e. The number of halogens is 1. The van der Waals surface area contributed by atoms with Gasteiger partial charge in [0.05, 0.1) is 13.2 Å². The van der Waals surface area contributed by atoms with Gasteiger partial charge in [-0.2, -0.15) is 0 Å². The van der Waals surface area contributed by atoms with E-state index < -0.39 is 0 Å². The zero-order valence-corrected chi connectivity index (χ0v) is 15.7. The Bertz CT molecular complexity index is 715. The number of benzene rings is 2. The van der Waals surface area contributed by atoms with E-state index in [1.54, 1.807) is 12.1 Å². The zero-order valence-electron chi connectivity index (χ0n) is 14.9. The number of anilines is 1. The van der Waals surface area contributed by atoms with E-state index in [1.165, 1.54) is 28.2 Å². The molecule has 1 aliphatic heterocycles. The molecule has 1 fully saturated rings. The fraction of sp³-hybridized carbons (Fsp3) is 0.350. The van der Waals surface area contributed by atoms with Gasteiger partial charge in [-0.15, -0.1) is 0 Å². The lowest BCUT2D eigenvalue weighted by Gasteiger charge is -2.29. The standard InChI is InChI=1S/C20H24FN3OS/c1-15-2-4-16(5-3-15)19(14-24-10-12-25-13-11-24)23-20(26)22-18-8-6-17(21)7-9-18/h2-9,19H,10-14H2,1H3,(H2,22,23,26)/p+1/t19-/m0/s1. The molecule has 3 rings (SSSR count). The third-order valence-corrected chi connectivity index (χ3v) is 4.80. The Labute approximate surface area is 159 Å². The number of ether oxygens (including phenoxy) is 1. The average molecular weight is 375 g/mol. The summed E-state index contributed by atoms with van der Waals surface area (Å²) in [6.07, 6.45) is 0. The first kappa shape index (κ1) is 18.8. The van der Waals surface area contributed by atoms with E-state index in [1.807, 2.05) is 0 Å². The molecule has 0 saturated carbocycles. The van der Waals surface area contributed by atoms with E-state index in [2.05, 4.69) is 41.8 Å². The number of hydrogen-bond donors (Lipinski definition) is 3. The molecule has 0 amide bonds. The van der Waals surface area contributed by atoms with E-state index in [0.717, 1.165) is 38.5 Å². The Morgan fingerprint density at radius 1 is 1.12 bits per heavy atom. The van der Waals surface area contributed by atoms with Crippen LogP contribution in [0.2, 0.25) is 0 Å². The monoisotopic (exact) mass is 374 g/mol. The molecule has 0 bridgehead atoms. The summed E-state index contributed by atoms with van der Waals surface area (Å²) in [6.45, 7) is 6.62. The molecule has 1 saturated heterocycles. The van der Waals surface area contributed by atoms with E-state index in [0.29, 0.717) is 5.11 Å². The Morgan fingerprint density at radius 2 is 1.77 bits per heavy atom. The van der Waals surface area contributed by atoms with Crippen molar-refractivity contribution in [3.8, 4) is 0 Å². The van der Waals surface area contributed by atoms with Crippen LogP contribution >= 0.6 is 12.2 Å². The highest BCUT2D eigenvalue weighted by Gasteiger charge is 2.22. The van der Waals surface area contributed by atoms with Gasteiger partial charge in [0, 0.05) is 5.69 Å². The van der Waals surface area contributed by atoms with Crippen molar-refractivity contribution in [3.63, 3.8) is 0 Å². The van der Waals surface area contributed by atoms with E-state index >= 15 is 0 Å². The second kappa shape index (κ2) is 9.07. The van der Waals surface area contributed by atoms with E-state index in [-0.39, 0.29) is 11.9 Å². The highest BCUT2D eigenvalue weighted by molar-refractivity contribution is 7.80. The van der Waals surface area contributed by atoms with Crippen LogP contribution in [0, 0.1) is 12.7 Å². The number of nitrogens with one attached hydrogen (secondary N) is 3. The number of morpholine rings is 1. The quantitative estimate of drug-likeness (QED) is 0.701. The molecule has 4 nitrogen and oxygen atoms in total. The molecular weight excluding hydrogens is 349 g/mol.